The van der Waals surface area contributed by atoms with Crippen LogP contribution in [0.1, 0.15) is 30.3 Å². The minimum atomic E-state index is -3.12. The number of aromatic nitrogens is 2. The van der Waals surface area contributed by atoms with Gasteiger partial charge >= 0.3 is 0 Å². The molecule has 0 spiro atoms. The fraction of sp³-hybridized carbons (Fsp3) is 0.750. The van der Waals surface area contributed by atoms with Gasteiger partial charge in [0.15, 0.2) is 5.69 Å². The maximum atomic E-state index is 12.2. The number of fused-ring (bicyclic) bond motifs is 1. The Labute approximate surface area is 154 Å². The van der Waals surface area contributed by atoms with E-state index >= 15 is 0 Å². The average molecular weight is 385 g/mol. The first-order valence-corrected chi connectivity index (χ1v) is 10.8. The van der Waals surface area contributed by atoms with Crippen LogP contribution < -0.4 is 10.1 Å². The Morgan fingerprint density at radius 2 is 2.04 bits per heavy atom. The summed E-state index contributed by atoms with van der Waals surface area (Å²) in [7, 11) is -3.12. The van der Waals surface area contributed by atoms with Gasteiger partial charge in [0, 0.05) is 45.3 Å². The first kappa shape index (κ1) is 19.1. The molecule has 2 aliphatic rings. The van der Waals surface area contributed by atoms with Crippen LogP contribution in [0.3, 0.4) is 0 Å². The number of carbonyl (C=O) groups is 1. The summed E-state index contributed by atoms with van der Waals surface area (Å²) in [4.78, 5) is 14.3. The van der Waals surface area contributed by atoms with Crippen molar-refractivity contribution in [3.8, 4) is 5.88 Å². The summed E-state index contributed by atoms with van der Waals surface area (Å²) < 4.78 is 33.0. The van der Waals surface area contributed by atoms with Crippen molar-refractivity contribution in [1.29, 1.82) is 0 Å². The van der Waals surface area contributed by atoms with E-state index in [-0.39, 0.29) is 11.7 Å². The molecule has 1 fully saturated rings. The summed E-state index contributed by atoms with van der Waals surface area (Å²) in [5.41, 5.74) is 0.367. The van der Waals surface area contributed by atoms with E-state index in [1.165, 1.54) is 0 Å². The highest BCUT2D eigenvalue weighted by molar-refractivity contribution is 7.89. The lowest BCUT2D eigenvalue weighted by molar-refractivity contribution is 0.0939. The van der Waals surface area contributed by atoms with Crippen LogP contribution in [0.15, 0.2) is 6.07 Å². The molecular weight excluding hydrogens is 358 g/mol. The molecule has 0 bridgehead atoms. The van der Waals surface area contributed by atoms with Crippen LogP contribution in [0.4, 0.5) is 0 Å². The van der Waals surface area contributed by atoms with Gasteiger partial charge in [0.25, 0.3) is 5.91 Å². The van der Waals surface area contributed by atoms with Crippen molar-refractivity contribution >= 4 is 15.9 Å². The first-order valence-electron chi connectivity index (χ1n) is 9.18. The molecule has 0 aromatic carbocycles. The molecule has 146 valence electrons. The normalized spacial score (nSPS) is 18.5. The number of amides is 1. The van der Waals surface area contributed by atoms with Crippen LogP contribution in [0.5, 0.6) is 5.88 Å². The monoisotopic (exact) mass is 385 g/mol. The van der Waals surface area contributed by atoms with Crippen molar-refractivity contribution in [1.82, 2.24) is 24.3 Å². The van der Waals surface area contributed by atoms with Gasteiger partial charge in [-0.3, -0.25) is 9.69 Å². The maximum absolute atomic E-state index is 12.2. The highest BCUT2D eigenvalue weighted by Gasteiger charge is 2.26. The molecule has 10 heteroatoms. The number of hydrogen-bond acceptors (Lipinski definition) is 6. The molecule has 0 radical (unpaired) electrons. The fourth-order valence-electron chi connectivity index (χ4n) is 3.13. The lowest BCUT2D eigenvalue weighted by atomic mass is 10.3. The van der Waals surface area contributed by atoms with Crippen LogP contribution in [0, 0.1) is 0 Å². The summed E-state index contributed by atoms with van der Waals surface area (Å²) >= 11 is 0. The number of carbonyl (C=O) groups excluding carboxylic acids is 1. The van der Waals surface area contributed by atoms with Crippen molar-refractivity contribution in [3.05, 3.63) is 11.8 Å². The second-order valence-corrected chi connectivity index (χ2v) is 8.69. The van der Waals surface area contributed by atoms with E-state index in [4.69, 9.17) is 4.74 Å². The molecule has 3 heterocycles. The molecule has 0 atom stereocenters. The number of nitrogens with one attached hydrogen (secondary N) is 1. The van der Waals surface area contributed by atoms with Crippen molar-refractivity contribution in [3.63, 3.8) is 0 Å². The molecule has 0 aliphatic carbocycles. The Morgan fingerprint density at radius 3 is 2.73 bits per heavy atom. The number of hydrogen-bond donors (Lipinski definition) is 1. The average Bonchev–Trinajstić information content (AvgIpc) is 3.22. The standard InChI is InChI=1S/C16H27N5O4S/c1-2-3-12-26(23,24)20-8-6-19(7-9-20)5-4-17-16(22)14-13-15-21(18-14)10-11-25-15/h13H,2-12H2,1H3,(H,17,22). The molecule has 2 aliphatic heterocycles. The van der Waals surface area contributed by atoms with Gasteiger partial charge in [-0.15, -0.1) is 0 Å². The van der Waals surface area contributed by atoms with Crippen LogP contribution in [0.25, 0.3) is 0 Å². The number of sulfonamides is 1. The van der Waals surface area contributed by atoms with Crippen LogP contribution in [-0.4, -0.2) is 84.9 Å². The van der Waals surface area contributed by atoms with Gasteiger partial charge in [0.05, 0.1) is 12.3 Å². The zero-order valence-electron chi connectivity index (χ0n) is 15.2. The number of unbranched alkanes of at least 4 members (excludes halogenated alkanes) is 1. The van der Waals surface area contributed by atoms with Gasteiger partial charge in [0.1, 0.15) is 6.61 Å². The molecular formula is C16H27N5O4S. The van der Waals surface area contributed by atoms with Crippen LogP contribution in [0.2, 0.25) is 0 Å². The second-order valence-electron chi connectivity index (χ2n) is 6.61. The Balaban J connectivity index is 1.38. The smallest absolute Gasteiger partial charge is 0.271 e. The van der Waals surface area contributed by atoms with Gasteiger partial charge in [-0.05, 0) is 6.42 Å². The first-order chi connectivity index (χ1) is 12.5. The Hall–Kier alpha value is -1.65. The maximum Gasteiger partial charge on any atom is 0.271 e. The summed E-state index contributed by atoms with van der Waals surface area (Å²) in [6, 6.07) is 1.66. The van der Waals surface area contributed by atoms with Crippen LogP contribution >= 0.6 is 0 Å². The molecule has 1 aromatic rings. The van der Waals surface area contributed by atoms with E-state index in [1.807, 2.05) is 6.92 Å². The predicted octanol–water partition coefficient (Wildman–Crippen LogP) is -0.247. The summed E-state index contributed by atoms with van der Waals surface area (Å²) in [5.74, 6) is 0.657. The minimum absolute atomic E-state index is 0.212. The Morgan fingerprint density at radius 1 is 1.27 bits per heavy atom. The number of nitrogens with zero attached hydrogens (tertiary/aromatic N) is 4. The second kappa shape index (κ2) is 8.36. The Kier molecular flexibility index (Phi) is 6.15. The number of piperazine rings is 1. The van der Waals surface area contributed by atoms with Crippen molar-refractivity contribution in [2.75, 3.05) is 51.6 Å². The number of ether oxygens (including phenoxy) is 1. The zero-order valence-corrected chi connectivity index (χ0v) is 16.0. The summed E-state index contributed by atoms with van der Waals surface area (Å²) in [5, 5.41) is 7.07. The van der Waals surface area contributed by atoms with Crippen molar-refractivity contribution in [2.24, 2.45) is 0 Å². The van der Waals surface area contributed by atoms with Crippen molar-refractivity contribution < 1.29 is 17.9 Å². The third kappa shape index (κ3) is 4.54. The highest BCUT2D eigenvalue weighted by Crippen LogP contribution is 2.18. The van der Waals surface area contributed by atoms with E-state index in [9.17, 15) is 13.2 Å². The summed E-state index contributed by atoms with van der Waals surface area (Å²) in [6.07, 6.45) is 1.59. The third-order valence-electron chi connectivity index (χ3n) is 4.72. The molecule has 3 rings (SSSR count). The minimum Gasteiger partial charge on any atom is -0.476 e. The van der Waals surface area contributed by atoms with E-state index in [0.717, 1.165) is 6.42 Å². The van der Waals surface area contributed by atoms with E-state index < -0.39 is 10.0 Å². The molecule has 0 saturated carbocycles. The molecule has 1 N–H and O–H groups in total. The molecule has 26 heavy (non-hydrogen) atoms. The molecule has 1 amide bonds. The van der Waals surface area contributed by atoms with Gasteiger partial charge < -0.3 is 10.1 Å². The summed E-state index contributed by atoms with van der Waals surface area (Å²) in [6.45, 7) is 6.88. The van der Waals surface area contributed by atoms with Gasteiger partial charge in [0.2, 0.25) is 15.9 Å². The van der Waals surface area contributed by atoms with E-state index in [2.05, 4.69) is 15.3 Å². The highest BCUT2D eigenvalue weighted by atomic mass is 32.2. The van der Waals surface area contributed by atoms with E-state index in [0.29, 0.717) is 70.4 Å². The topological polar surface area (TPSA) is 96.8 Å². The zero-order chi connectivity index (χ0) is 18.6. The van der Waals surface area contributed by atoms with E-state index in [1.54, 1.807) is 15.1 Å². The molecule has 9 nitrogen and oxygen atoms in total. The lowest BCUT2D eigenvalue weighted by Crippen LogP contribution is -2.50. The van der Waals surface area contributed by atoms with Gasteiger partial charge in [-0.1, -0.05) is 13.3 Å². The largest absolute Gasteiger partial charge is 0.476 e. The molecule has 1 aromatic heterocycles. The predicted molar refractivity (Wildman–Crippen MR) is 96.8 cm³/mol. The third-order valence-corrected chi connectivity index (χ3v) is 6.68. The molecule has 1 saturated heterocycles. The van der Waals surface area contributed by atoms with Crippen LogP contribution in [-0.2, 0) is 16.6 Å². The molecule has 0 unspecified atom stereocenters. The lowest BCUT2D eigenvalue weighted by Gasteiger charge is -2.33. The Bertz CT molecular complexity index is 703. The van der Waals surface area contributed by atoms with Gasteiger partial charge in [-0.2, -0.15) is 9.40 Å². The SMILES string of the molecule is CCCCS(=O)(=O)N1CCN(CCNC(=O)c2cc3n(n2)CCO3)CC1. The number of rotatable bonds is 8. The van der Waals surface area contributed by atoms with Crippen molar-refractivity contribution in [2.45, 2.75) is 26.3 Å². The van der Waals surface area contributed by atoms with Gasteiger partial charge in [-0.25, -0.2) is 13.1 Å². The quantitative estimate of drug-likeness (QED) is 0.663. The fourth-order valence-corrected chi connectivity index (χ4v) is 4.76.